The number of carboxylic acid groups (broad SMARTS) is 1. The number of phenolic OH excluding ortho intramolecular Hbond substituents is 1. The first-order chi connectivity index (χ1) is 16.7. The third-order valence-electron chi connectivity index (χ3n) is 5.59. The van der Waals surface area contributed by atoms with Crippen LogP contribution in [0.5, 0.6) is 5.75 Å². The van der Waals surface area contributed by atoms with E-state index in [4.69, 9.17) is 9.05 Å². The summed E-state index contributed by atoms with van der Waals surface area (Å²) in [6.45, 7) is 11.6. The van der Waals surface area contributed by atoms with Gasteiger partial charge in [0, 0.05) is 11.0 Å². The van der Waals surface area contributed by atoms with Crippen molar-refractivity contribution in [2.45, 2.75) is 77.9 Å². The van der Waals surface area contributed by atoms with E-state index in [-0.39, 0.29) is 29.6 Å². The molecule has 0 aliphatic carbocycles. The highest BCUT2D eigenvalue weighted by Gasteiger charge is 2.29. The predicted octanol–water partition coefficient (Wildman–Crippen LogP) is 5.38. The van der Waals surface area contributed by atoms with E-state index in [0.717, 1.165) is 22.3 Å². The molecule has 0 saturated carbocycles. The molecular formula is C27H37NO7P+. The molecule has 0 aliphatic rings. The fourth-order valence-corrected chi connectivity index (χ4v) is 4.16. The van der Waals surface area contributed by atoms with Gasteiger partial charge in [-0.2, -0.15) is 0 Å². The summed E-state index contributed by atoms with van der Waals surface area (Å²) in [5, 5.41) is 22.7. The van der Waals surface area contributed by atoms with E-state index in [0.29, 0.717) is 6.42 Å². The molecule has 3 N–H and O–H groups in total. The van der Waals surface area contributed by atoms with Gasteiger partial charge in [0.25, 0.3) is 0 Å². The van der Waals surface area contributed by atoms with Crippen molar-refractivity contribution in [1.29, 1.82) is 0 Å². The number of aryl methyl sites for hydroxylation is 1. The molecule has 0 spiro atoms. The number of rotatable bonds is 11. The normalized spacial score (nSPS) is 13.2. The Morgan fingerprint density at radius 2 is 1.50 bits per heavy atom. The van der Waals surface area contributed by atoms with E-state index in [1.807, 2.05) is 71.9 Å². The number of hydrogen-bond donors (Lipinski definition) is 3. The smallest absolute Gasteiger partial charge is 0.507 e. The van der Waals surface area contributed by atoms with Crippen LogP contribution < -0.4 is 5.32 Å². The van der Waals surface area contributed by atoms with Gasteiger partial charge < -0.3 is 15.5 Å². The molecular weight excluding hydrogens is 481 g/mol. The highest BCUT2D eigenvalue weighted by Crippen LogP contribution is 2.40. The number of aromatic hydroxyl groups is 1. The maximum Gasteiger partial charge on any atom is 0.697 e. The predicted molar refractivity (Wildman–Crippen MR) is 138 cm³/mol. The average molecular weight is 519 g/mol. The van der Waals surface area contributed by atoms with Crippen LogP contribution in [0.2, 0.25) is 0 Å². The van der Waals surface area contributed by atoms with E-state index in [9.17, 15) is 24.4 Å². The average Bonchev–Trinajstić information content (AvgIpc) is 2.78. The summed E-state index contributed by atoms with van der Waals surface area (Å²) in [5.74, 6) is -1.52. The van der Waals surface area contributed by atoms with E-state index in [1.54, 1.807) is 12.1 Å². The molecule has 9 heteroatoms. The number of carboxylic acids is 1. The van der Waals surface area contributed by atoms with Gasteiger partial charge >= 0.3 is 14.2 Å². The second-order valence-electron chi connectivity index (χ2n) is 10.8. The van der Waals surface area contributed by atoms with E-state index in [2.05, 4.69) is 5.32 Å². The lowest BCUT2D eigenvalue weighted by atomic mass is 9.78. The molecule has 0 radical (unpaired) electrons. The summed E-state index contributed by atoms with van der Waals surface area (Å²) in [6.07, 6.45) is 0.401. The van der Waals surface area contributed by atoms with Crippen LogP contribution in [-0.4, -0.2) is 34.7 Å². The van der Waals surface area contributed by atoms with Crippen molar-refractivity contribution < 1.29 is 33.4 Å². The van der Waals surface area contributed by atoms with Gasteiger partial charge in [0.1, 0.15) is 19.0 Å². The van der Waals surface area contributed by atoms with Crippen LogP contribution in [0.4, 0.5) is 0 Å². The lowest BCUT2D eigenvalue weighted by Gasteiger charge is -2.28. The van der Waals surface area contributed by atoms with Crippen LogP contribution in [0.1, 0.15) is 70.2 Å². The number of carbonyl (C=O) groups is 2. The molecule has 1 unspecified atom stereocenters. The Bertz CT molecular complexity index is 1040. The third kappa shape index (κ3) is 9.01. The van der Waals surface area contributed by atoms with Crippen molar-refractivity contribution in [1.82, 2.24) is 5.32 Å². The number of amides is 1. The fraction of sp³-hybridized carbons (Fsp3) is 0.481. The number of benzene rings is 2. The van der Waals surface area contributed by atoms with Crippen LogP contribution in [0.25, 0.3) is 0 Å². The summed E-state index contributed by atoms with van der Waals surface area (Å²) >= 11 is 0. The molecule has 2 aromatic carbocycles. The van der Waals surface area contributed by atoms with Gasteiger partial charge in [0.15, 0.2) is 6.04 Å². The molecule has 2 atom stereocenters. The van der Waals surface area contributed by atoms with Crippen molar-refractivity contribution in [3.63, 3.8) is 0 Å². The van der Waals surface area contributed by atoms with Gasteiger partial charge in [-0.15, -0.1) is 9.05 Å². The maximum atomic E-state index is 12.5. The molecule has 0 saturated heterocycles. The van der Waals surface area contributed by atoms with Crippen molar-refractivity contribution in [2.75, 3.05) is 6.61 Å². The molecule has 2 aromatic rings. The summed E-state index contributed by atoms with van der Waals surface area (Å²) in [7, 11) is -2.55. The first kappa shape index (κ1) is 29.4. The monoisotopic (exact) mass is 518 g/mol. The van der Waals surface area contributed by atoms with Crippen LogP contribution in [0, 0.1) is 0 Å². The topological polar surface area (TPSA) is 122 Å². The highest BCUT2D eigenvalue weighted by molar-refractivity contribution is 7.33. The zero-order chi connectivity index (χ0) is 27.1. The second-order valence-corrected chi connectivity index (χ2v) is 11.7. The van der Waals surface area contributed by atoms with Gasteiger partial charge in [-0.05, 0) is 39.5 Å². The summed E-state index contributed by atoms with van der Waals surface area (Å²) in [4.78, 5) is 24.1. The Balaban J connectivity index is 1.98. The second kappa shape index (κ2) is 12.4. The van der Waals surface area contributed by atoms with Crippen molar-refractivity contribution in [3.8, 4) is 5.75 Å². The van der Waals surface area contributed by atoms with Gasteiger partial charge in [-0.25, -0.2) is 4.79 Å². The fourth-order valence-electron chi connectivity index (χ4n) is 3.56. The number of hydrogen-bond acceptors (Lipinski definition) is 6. The van der Waals surface area contributed by atoms with Crippen molar-refractivity contribution in [2.24, 2.45) is 0 Å². The van der Waals surface area contributed by atoms with E-state index < -0.39 is 32.8 Å². The zero-order valence-electron chi connectivity index (χ0n) is 21.8. The van der Waals surface area contributed by atoms with E-state index >= 15 is 0 Å². The third-order valence-corrected chi connectivity index (χ3v) is 6.29. The van der Waals surface area contributed by atoms with Crippen molar-refractivity contribution in [3.05, 3.63) is 64.7 Å². The van der Waals surface area contributed by atoms with Crippen LogP contribution in [-0.2, 0) is 47.1 Å². The van der Waals surface area contributed by atoms with Gasteiger partial charge in [-0.1, -0.05) is 84.0 Å². The molecule has 0 bridgehead atoms. The largest absolute Gasteiger partial charge is 0.697 e. The molecule has 1 amide bonds. The standard InChI is InChI=1S/C27H36NO7P/c1-26(2,3)20-14-19(15-21(24(20)30)27(4,5)6)12-13-23(29)28-22(25(31)32)17-35-36(33)34-16-18-10-8-7-9-11-18/h7-11,14-15,22H,12-13,16-17H2,1-6H3,(H2-,28,29,30,31,32)/p+1/t22-/m0/s1. The van der Waals surface area contributed by atoms with Gasteiger partial charge in [0.2, 0.25) is 5.91 Å². The zero-order valence-corrected chi connectivity index (χ0v) is 22.7. The number of nitrogens with one attached hydrogen (secondary N) is 1. The first-order valence-corrected chi connectivity index (χ1v) is 12.9. The van der Waals surface area contributed by atoms with Crippen molar-refractivity contribution >= 4 is 20.1 Å². The minimum Gasteiger partial charge on any atom is -0.507 e. The Morgan fingerprint density at radius 3 is 2.00 bits per heavy atom. The molecule has 8 nitrogen and oxygen atoms in total. The maximum absolute atomic E-state index is 12.5. The minimum absolute atomic E-state index is 0.0400. The Hall–Kier alpha value is -2.80. The van der Waals surface area contributed by atoms with Gasteiger partial charge in [0.05, 0.1) is 0 Å². The Labute approximate surface area is 214 Å². The molecule has 0 heterocycles. The lowest BCUT2D eigenvalue weighted by molar-refractivity contribution is -0.142. The van der Waals surface area contributed by atoms with Crippen LogP contribution >= 0.6 is 8.25 Å². The van der Waals surface area contributed by atoms with E-state index in [1.165, 1.54) is 0 Å². The molecule has 0 aromatic heterocycles. The number of phenols is 1. The quantitative estimate of drug-likeness (QED) is 0.341. The summed E-state index contributed by atoms with van der Waals surface area (Å²) in [5.41, 5.74) is 2.66. The molecule has 36 heavy (non-hydrogen) atoms. The van der Waals surface area contributed by atoms with Crippen LogP contribution in [0.15, 0.2) is 42.5 Å². The SMILES string of the molecule is CC(C)(C)c1cc(CCC(=O)N[C@@H](CO[P+](=O)OCc2ccccc2)C(=O)O)cc(C(C)(C)C)c1O. The lowest BCUT2D eigenvalue weighted by Crippen LogP contribution is -2.43. The number of carbonyl (C=O) groups excluding carboxylic acids is 1. The van der Waals surface area contributed by atoms with Crippen LogP contribution in [0.3, 0.4) is 0 Å². The molecule has 196 valence electrons. The molecule has 0 aliphatic heterocycles. The Kier molecular flexibility index (Phi) is 10.2. The first-order valence-electron chi connectivity index (χ1n) is 11.8. The Morgan fingerprint density at radius 1 is 0.944 bits per heavy atom. The highest BCUT2D eigenvalue weighted by atomic mass is 31.1. The summed E-state index contributed by atoms with van der Waals surface area (Å²) in [6, 6.07) is 11.5. The molecule has 2 rings (SSSR count). The minimum atomic E-state index is -2.55. The summed E-state index contributed by atoms with van der Waals surface area (Å²) < 4.78 is 22.1. The molecule has 0 fully saturated rings. The van der Waals surface area contributed by atoms with Gasteiger partial charge in [-0.3, -0.25) is 4.79 Å². The number of aliphatic carboxylic acids is 1.